The Kier molecular flexibility index (Phi) is 4.01. The minimum Gasteiger partial charge on any atom is -0.481 e. The minimum atomic E-state index is -4.81. The first-order chi connectivity index (χ1) is 8.23. The fourth-order valence-electron chi connectivity index (χ4n) is 1.71. The van der Waals surface area contributed by atoms with Crippen molar-refractivity contribution in [2.45, 2.75) is 25.1 Å². The summed E-state index contributed by atoms with van der Waals surface area (Å²) in [6.07, 6.45) is -5.98. The molecule has 0 heterocycles. The first kappa shape index (κ1) is 14.5. The largest absolute Gasteiger partial charge is 0.481 e. The lowest BCUT2D eigenvalue weighted by Gasteiger charge is -2.33. The first-order valence-corrected chi connectivity index (χ1v) is 5.14. The van der Waals surface area contributed by atoms with Crippen LogP contribution >= 0.6 is 0 Å². The highest BCUT2D eigenvalue weighted by atomic mass is 19.4. The summed E-state index contributed by atoms with van der Waals surface area (Å²) in [5.74, 6) is -1.57. The number of benzene rings is 1. The second kappa shape index (κ2) is 4.97. The summed E-state index contributed by atoms with van der Waals surface area (Å²) in [5.41, 5.74) is -2.25. The Morgan fingerprint density at radius 3 is 2.11 bits per heavy atom. The summed E-state index contributed by atoms with van der Waals surface area (Å²) in [6.45, 7) is 1.73. The molecule has 18 heavy (non-hydrogen) atoms. The van der Waals surface area contributed by atoms with Crippen LogP contribution in [0, 0.1) is 6.92 Å². The second-order valence-electron chi connectivity index (χ2n) is 3.97. The van der Waals surface area contributed by atoms with Gasteiger partial charge in [0.15, 0.2) is 5.60 Å². The van der Waals surface area contributed by atoms with E-state index < -0.39 is 24.2 Å². The topological polar surface area (TPSA) is 46.5 Å². The molecule has 6 heteroatoms. The van der Waals surface area contributed by atoms with Crippen molar-refractivity contribution in [2.24, 2.45) is 0 Å². The lowest BCUT2D eigenvalue weighted by atomic mass is 9.89. The van der Waals surface area contributed by atoms with Gasteiger partial charge < -0.3 is 9.84 Å². The first-order valence-electron chi connectivity index (χ1n) is 5.14. The second-order valence-corrected chi connectivity index (χ2v) is 3.97. The molecule has 3 nitrogen and oxygen atoms in total. The quantitative estimate of drug-likeness (QED) is 0.907. The highest BCUT2D eigenvalue weighted by molar-refractivity contribution is 5.69. The summed E-state index contributed by atoms with van der Waals surface area (Å²) >= 11 is 0. The monoisotopic (exact) mass is 262 g/mol. The van der Waals surface area contributed by atoms with Crippen LogP contribution in [0.5, 0.6) is 0 Å². The predicted octanol–water partition coefficient (Wildman–Crippen LogP) is 2.87. The van der Waals surface area contributed by atoms with Gasteiger partial charge in [0, 0.05) is 7.11 Å². The van der Waals surface area contributed by atoms with Gasteiger partial charge in [0.05, 0.1) is 6.42 Å². The van der Waals surface area contributed by atoms with E-state index in [0.717, 1.165) is 12.7 Å². The van der Waals surface area contributed by atoms with E-state index >= 15 is 0 Å². The molecule has 1 atom stereocenters. The number of hydrogen-bond acceptors (Lipinski definition) is 2. The van der Waals surface area contributed by atoms with Crippen molar-refractivity contribution in [3.8, 4) is 0 Å². The third-order valence-corrected chi connectivity index (χ3v) is 2.72. The van der Waals surface area contributed by atoms with Gasteiger partial charge in [-0.05, 0) is 12.5 Å². The van der Waals surface area contributed by atoms with Crippen LogP contribution in [0.2, 0.25) is 0 Å². The number of carboxylic acids is 1. The lowest BCUT2D eigenvalue weighted by molar-refractivity contribution is -0.279. The molecule has 0 amide bonds. The molecule has 1 aromatic carbocycles. The molecule has 0 spiro atoms. The van der Waals surface area contributed by atoms with Gasteiger partial charge in [-0.3, -0.25) is 4.79 Å². The molecular weight excluding hydrogens is 249 g/mol. The van der Waals surface area contributed by atoms with Crippen LogP contribution in [0.3, 0.4) is 0 Å². The molecule has 0 aliphatic heterocycles. The highest BCUT2D eigenvalue weighted by Gasteiger charge is 2.58. The highest BCUT2D eigenvalue weighted by Crippen LogP contribution is 2.44. The van der Waals surface area contributed by atoms with E-state index in [1.165, 1.54) is 24.3 Å². The zero-order chi connectivity index (χ0) is 14.0. The van der Waals surface area contributed by atoms with Crippen LogP contribution in [-0.4, -0.2) is 24.4 Å². The molecule has 1 aromatic rings. The van der Waals surface area contributed by atoms with Crippen molar-refractivity contribution in [2.75, 3.05) is 7.11 Å². The Bertz CT molecular complexity index is 425. The van der Waals surface area contributed by atoms with E-state index in [-0.39, 0.29) is 5.56 Å². The normalized spacial score (nSPS) is 15.2. The van der Waals surface area contributed by atoms with Crippen molar-refractivity contribution < 1.29 is 27.8 Å². The van der Waals surface area contributed by atoms with Gasteiger partial charge in [-0.2, -0.15) is 13.2 Å². The number of carbonyl (C=O) groups is 1. The zero-order valence-electron chi connectivity index (χ0n) is 9.91. The summed E-state index contributed by atoms with van der Waals surface area (Å²) in [6, 6.07) is 5.43. The average molecular weight is 262 g/mol. The van der Waals surface area contributed by atoms with E-state index in [1.807, 2.05) is 0 Å². The summed E-state index contributed by atoms with van der Waals surface area (Å²) in [7, 11) is 0.857. The van der Waals surface area contributed by atoms with Crippen LogP contribution in [-0.2, 0) is 15.1 Å². The number of hydrogen-bond donors (Lipinski definition) is 1. The average Bonchev–Trinajstić information content (AvgIpc) is 2.25. The van der Waals surface area contributed by atoms with Crippen LogP contribution in [0.4, 0.5) is 13.2 Å². The molecule has 0 bridgehead atoms. The molecule has 1 rings (SSSR count). The molecule has 100 valence electrons. The number of halogens is 3. The van der Waals surface area contributed by atoms with E-state index in [1.54, 1.807) is 6.92 Å². The van der Waals surface area contributed by atoms with Crippen molar-refractivity contribution in [1.82, 2.24) is 0 Å². The molecule has 1 unspecified atom stereocenters. The number of ether oxygens (including phenoxy) is 1. The van der Waals surface area contributed by atoms with Crippen LogP contribution in [0.25, 0.3) is 0 Å². The van der Waals surface area contributed by atoms with Gasteiger partial charge in [0.2, 0.25) is 0 Å². The molecular formula is C12H13F3O3. The Morgan fingerprint density at radius 1 is 1.28 bits per heavy atom. The molecule has 0 aromatic heterocycles. The molecule has 0 saturated carbocycles. The van der Waals surface area contributed by atoms with Gasteiger partial charge in [-0.1, -0.05) is 29.8 Å². The molecule has 0 aliphatic rings. The fraction of sp³-hybridized carbons (Fsp3) is 0.417. The van der Waals surface area contributed by atoms with Crippen molar-refractivity contribution in [3.63, 3.8) is 0 Å². The fourth-order valence-corrected chi connectivity index (χ4v) is 1.71. The number of alkyl halides is 3. The van der Waals surface area contributed by atoms with Gasteiger partial charge in [0.1, 0.15) is 0 Å². The number of aliphatic carboxylic acids is 1. The maximum Gasteiger partial charge on any atom is 0.422 e. The number of aryl methyl sites for hydroxylation is 1. The van der Waals surface area contributed by atoms with E-state index in [4.69, 9.17) is 5.11 Å². The lowest BCUT2D eigenvalue weighted by Crippen LogP contribution is -2.45. The van der Waals surface area contributed by atoms with Crippen molar-refractivity contribution in [1.29, 1.82) is 0 Å². The van der Waals surface area contributed by atoms with Crippen molar-refractivity contribution >= 4 is 5.97 Å². The van der Waals surface area contributed by atoms with Gasteiger partial charge in [-0.25, -0.2) is 0 Å². The predicted molar refractivity (Wildman–Crippen MR) is 58.2 cm³/mol. The van der Waals surface area contributed by atoms with Gasteiger partial charge in [0.25, 0.3) is 0 Å². The van der Waals surface area contributed by atoms with E-state index in [2.05, 4.69) is 4.74 Å². The molecule has 0 radical (unpaired) electrons. The Balaban J connectivity index is 3.34. The SMILES string of the molecule is COC(CC(=O)O)(c1ccc(C)cc1)C(F)(F)F. The van der Waals surface area contributed by atoms with Crippen LogP contribution < -0.4 is 0 Å². The Hall–Kier alpha value is -1.56. The van der Waals surface area contributed by atoms with Crippen molar-refractivity contribution in [3.05, 3.63) is 35.4 Å². The smallest absolute Gasteiger partial charge is 0.422 e. The maximum atomic E-state index is 13.1. The third kappa shape index (κ3) is 2.64. The van der Waals surface area contributed by atoms with Crippen LogP contribution in [0.15, 0.2) is 24.3 Å². The molecule has 0 fully saturated rings. The number of carboxylic acid groups (broad SMARTS) is 1. The molecule has 0 aliphatic carbocycles. The zero-order valence-corrected chi connectivity index (χ0v) is 9.91. The number of methoxy groups -OCH3 is 1. The van der Waals surface area contributed by atoms with E-state index in [9.17, 15) is 18.0 Å². The van der Waals surface area contributed by atoms with Gasteiger partial charge >= 0.3 is 12.1 Å². The molecule has 0 saturated heterocycles. The number of rotatable bonds is 4. The van der Waals surface area contributed by atoms with E-state index in [0.29, 0.717) is 0 Å². The molecule has 1 N–H and O–H groups in total. The standard InChI is InChI=1S/C12H13F3O3/c1-8-3-5-9(6-4-8)11(18-2,7-10(16)17)12(13,14)15/h3-6H,7H2,1-2H3,(H,16,17). The maximum absolute atomic E-state index is 13.1. The summed E-state index contributed by atoms with van der Waals surface area (Å²) < 4.78 is 43.9. The summed E-state index contributed by atoms with van der Waals surface area (Å²) in [4.78, 5) is 10.7. The van der Waals surface area contributed by atoms with Gasteiger partial charge in [-0.15, -0.1) is 0 Å². The third-order valence-electron chi connectivity index (χ3n) is 2.72. The Labute approximate surface area is 102 Å². The summed E-state index contributed by atoms with van der Waals surface area (Å²) in [5, 5.41) is 8.68. The Morgan fingerprint density at radius 2 is 1.78 bits per heavy atom. The van der Waals surface area contributed by atoms with Crippen LogP contribution in [0.1, 0.15) is 17.5 Å². The minimum absolute atomic E-state index is 0.217.